The minimum absolute atomic E-state index is 0.0299. The lowest BCUT2D eigenvalue weighted by molar-refractivity contribution is -0.0865. The number of ketones is 1. The lowest BCUT2D eigenvalue weighted by Crippen LogP contribution is -2.39. The van der Waals surface area contributed by atoms with E-state index >= 15 is 0 Å². The van der Waals surface area contributed by atoms with Crippen molar-refractivity contribution in [1.29, 1.82) is 0 Å². The molecular weight excluding hydrogens is 324 g/mol. The zero-order valence-corrected chi connectivity index (χ0v) is 13.6. The Morgan fingerprint density at radius 2 is 2.21 bits per heavy atom. The number of halogens is 1. The highest BCUT2D eigenvalue weighted by atomic mass is 79.9. The minimum atomic E-state index is 0.0299. The summed E-state index contributed by atoms with van der Waals surface area (Å²) in [6, 6.07) is 2.02. The predicted molar refractivity (Wildman–Crippen MR) is 81.0 cm³/mol. The summed E-state index contributed by atoms with van der Waals surface area (Å²) in [5.74, 6) is 0.491. The molecule has 4 heteroatoms. The fourth-order valence-corrected chi connectivity index (χ4v) is 4.96. The molecule has 1 aromatic rings. The van der Waals surface area contributed by atoms with Crippen molar-refractivity contribution >= 4 is 33.0 Å². The minimum Gasteiger partial charge on any atom is -0.375 e. The van der Waals surface area contributed by atoms with Crippen LogP contribution in [0, 0.1) is 12.8 Å². The van der Waals surface area contributed by atoms with Crippen LogP contribution in [-0.4, -0.2) is 18.0 Å². The Kier molecular flexibility index (Phi) is 3.84. The normalized spacial score (nSPS) is 25.9. The molecule has 1 aliphatic heterocycles. The van der Waals surface area contributed by atoms with Crippen molar-refractivity contribution in [3.05, 3.63) is 20.3 Å². The summed E-state index contributed by atoms with van der Waals surface area (Å²) >= 11 is 5.08. The molecule has 104 valence electrons. The summed E-state index contributed by atoms with van der Waals surface area (Å²) in [6.07, 6.45) is 6.61. The van der Waals surface area contributed by atoms with Gasteiger partial charge in [0.2, 0.25) is 0 Å². The average Bonchev–Trinajstić information content (AvgIpc) is 2.97. The number of hydrogen-bond acceptors (Lipinski definition) is 3. The SMILES string of the molecule is Cc1cc(C(=O)C2CCOC3(CCCC3)C2)sc1Br. The summed E-state index contributed by atoms with van der Waals surface area (Å²) < 4.78 is 7.10. The predicted octanol–water partition coefficient (Wildman–Crippen LogP) is 4.74. The third-order valence-corrected chi connectivity index (χ3v) is 6.63. The molecule has 1 saturated carbocycles. The molecule has 0 N–H and O–H groups in total. The first kappa shape index (κ1) is 13.8. The zero-order chi connectivity index (χ0) is 13.5. The van der Waals surface area contributed by atoms with Crippen LogP contribution in [0.1, 0.15) is 53.8 Å². The van der Waals surface area contributed by atoms with Gasteiger partial charge in [-0.15, -0.1) is 11.3 Å². The molecule has 1 spiro atoms. The highest BCUT2D eigenvalue weighted by Gasteiger charge is 2.42. The van der Waals surface area contributed by atoms with Crippen LogP contribution in [0.4, 0.5) is 0 Å². The first-order valence-electron chi connectivity index (χ1n) is 7.04. The fraction of sp³-hybridized carbons (Fsp3) is 0.667. The largest absolute Gasteiger partial charge is 0.375 e. The van der Waals surface area contributed by atoms with E-state index in [-0.39, 0.29) is 11.5 Å². The summed E-state index contributed by atoms with van der Waals surface area (Å²) in [5, 5.41) is 0. The van der Waals surface area contributed by atoms with E-state index in [2.05, 4.69) is 15.9 Å². The number of hydrogen-bond donors (Lipinski definition) is 0. The third-order valence-electron chi connectivity index (χ3n) is 4.48. The van der Waals surface area contributed by atoms with Gasteiger partial charge in [0.1, 0.15) is 0 Å². The van der Waals surface area contributed by atoms with E-state index < -0.39 is 0 Å². The van der Waals surface area contributed by atoms with Gasteiger partial charge in [-0.3, -0.25) is 4.79 Å². The molecule has 0 radical (unpaired) electrons. The Morgan fingerprint density at radius 3 is 2.84 bits per heavy atom. The van der Waals surface area contributed by atoms with Crippen molar-refractivity contribution in [2.75, 3.05) is 6.61 Å². The van der Waals surface area contributed by atoms with Crippen molar-refractivity contribution in [3.8, 4) is 0 Å². The van der Waals surface area contributed by atoms with Crippen LogP contribution >= 0.6 is 27.3 Å². The van der Waals surface area contributed by atoms with E-state index in [0.717, 1.165) is 46.5 Å². The van der Waals surface area contributed by atoms with Crippen molar-refractivity contribution in [1.82, 2.24) is 0 Å². The first-order chi connectivity index (χ1) is 9.10. The molecule has 1 aliphatic carbocycles. The molecule has 0 aromatic carbocycles. The van der Waals surface area contributed by atoms with E-state index in [4.69, 9.17) is 4.74 Å². The van der Waals surface area contributed by atoms with Crippen LogP contribution in [0.3, 0.4) is 0 Å². The second kappa shape index (κ2) is 5.30. The molecule has 19 heavy (non-hydrogen) atoms. The number of carbonyl (C=O) groups is 1. The Bertz CT molecular complexity index is 469. The average molecular weight is 343 g/mol. The summed E-state index contributed by atoms with van der Waals surface area (Å²) in [7, 11) is 0. The van der Waals surface area contributed by atoms with Crippen molar-refractivity contribution in [2.24, 2.45) is 5.92 Å². The standard InChI is InChI=1S/C15H19BrO2S/c1-10-8-12(19-14(10)16)13(17)11-4-7-18-15(9-11)5-2-3-6-15/h8,11H,2-7,9H2,1H3. The van der Waals surface area contributed by atoms with Crippen molar-refractivity contribution in [2.45, 2.75) is 51.0 Å². The second-order valence-electron chi connectivity index (χ2n) is 5.86. The first-order valence-corrected chi connectivity index (χ1v) is 8.65. The molecule has 1 unspecified atom stereocenters. The Hall–Kier alpha value is -0.190. The number of aryl methyl sites for hydroxylation is 1. The summed E-state index contributed by atoms with van der Waals surface area (Å²) in [6.45, 7) is 2.79. The van der Waals surface area contributed by atoms with Crippen LogP contribution in [0.5, 0.6) is 0 Å². The van der Waals surface area contributed by atoms with Crippen LogP contribution in [0.25, 0.3) is 0 Å². The van der Waals surface area contributed by atoms with Crippen molar-refractivity contribution < 1.29 is 9.53 Å². The number of rotatable bonds is 2. The monoisotopic (exact) mass is 342 g/mol. The maximum absolute atomic E-state index is 12.6. The van der Waals surface area contributed by atoms with Gasteiger partial charge in [-0.1, -0.05) is 12.8 Å². The third kappa shape index (κ3) is 2.67. The van der Waals surface area contributed by atoms with Crippen molar-refractivity contribution in [3.63, 3.8) is 0 Å². The van der Waals surface area contributed by atoms with Gasteiger partial charge in [0, 0.05) is 12.5 Å². The number of carbonyl (C=O) groups excluding carboxylic acids is 1. The number of Topliss-reactive ketones (excluding diaryl/α,β-unsaturated/α-hetero) is 1. The van der Waals surface area contributed by atoms with Gasteiger partial charge in [0.25, 0.3) is 0 Å². The van der Waals surface area contributed by atoms with Gasteiger partial charge in [-0.2, -0.15) is 0 Å². The van der Waals surface area contributed by atoms with Crippen LogP contribution in [0.15, 0.2) is 9.85 Å². The molecule has 2 nitrogen and oxygen atoms in total. The van der Waals surface area contributed by atoms with Gasteiger partial charge in [-0.05, 0) is 60.2 Å². The smallest absolute Gasteiger partial charge is 0.176 e. The lowest BCUT2D eigenvalue weighted by Gasteiger charge is -2.37. The maximum atomic E-state index is 12.6. The van der Waals surface area contributed by atoms with E-state index in [0.29, 0.717) is 5.78 Å². The molecule has 3 rings (SSSR count). The van der Waals surface area contributed by atoms with Gasteiger partial charge in [0.05, 0.1) is 14.3 Å². The Morgan fingerprint density at radius 1 is 1.47 bits per heavy atom. The fourth-order valence-electron chi connectivity index (χ4n) is 3.40. The summed E-state index contributed by atoms with van der Waals surface area (Å²) in [4.78, 5) is 13.5. The highest BCUT2D eigenvalue weighted by molar-refractivity contribution is 9.11. The van der Waals surface area contributed by atoms with E-state index in [1.165, 1.54) is 12.8 Å². The topological polar surface area (TPSA) is 26.3 Å². The van der Waals surface area contributed by atoms with Gasteiger partial charge in [-0.25, -0.2) is 0 Å². The van der Waals surface area contributed by atoms with E-state index in [1.54, 1.807) is 11.3 Å². The lowest BCUT2D eigenvalue weighted by atomic mass is 9.82. The maximum Gasteiger partial charge on any atom is 0.176 e. The molecule has 2 aliphatic rings. The molecule has 2 heterocycles. The van der Waals surface area contributed by atoms with E-state index in [1.807, 2.05) is 13.0 Å². The molecule has 1 atom stereocenters. The van der Waals surface area contributed by atoms with Crippen LogP contribution in [0.2, 0.25) is 0 Å². The van der Waals surface area contributed by atoms with Crippen LogP contribution in [-0.2, 0) is 4.74 Å². The van der Waals surface area contributed by atoms with E-state index in [9.17, 15) is 4.79 Å². The van der Waals surface area contributed by atoms with Crippen LogP contribution < -0.4 is 0 Å². The summed E-state index contributed by atoms with van der Waals surface area (Å²) in [5.41, 5.74) is 1.19. The van der Waals surface area contributed by atoms with Gasteiger partial charge >= 0.3 is 0 Å². The molecule has 0 bridgehead atoms. The zero-order valence-electron chi connectivity index (χ0n) is 11.2. The Balaban J connectivity index is 1.76. The molecular formula is C15H19BrO2S. The number of thiophene rings is 1. The quantitative estimate of drug-likeness (QED) is 0.725. The van der Waals surface area contributed by atoms with Gasteiger partial charge < -0.3 is 4.74 Å². The molecule has 1 aromatic heterocycles. The van der Waals surface area contributed by atoms with Gasteiger partial charge in [0.15, 0.2) is 5.78 Å². The Labute approximate surface area is 126 Å². The molecule has 1 saturated heterocycles. The molecule has 0 amide bonds. The highest BCUT2D eigenvalue weighted by Crippen LogP contribution is 2.43. The second-order valence-corrected chi connectivity index (χ2v) is 8.23. The molecule has 2 fully saturated rings. The number of ether oxygens (including phenoxy) is 1.